The Bertz CT molecular complexity index is 965. The molecule has 0 aromatic rings. The van der Waals surface area contributed by atoms with Crippen LogP contribution < -0.4 is 0 Å². The van der Waals surface area contributed by atoms with Gasteiger partial charge in [0.25, 0.3) is 0 Å². The molecule has 0 amide bonds. The second-order valence-corrected chi connectivity index (χ2v) is 32.1. The van der Waals surface area contributed by atoms with Gasteiger partial charge >= 0.3 is 5.97 Å². The highest BCUT2D eigenvalue weighted by Crippen LogP contribution is 2.47. The van der Waals surface area contributed by atoms with Gasteiger partial charge < -0.3 is 27.5 Å². The van der Waals surface area contributed by atoms with E-state index in [1.54, 1.807) is 0 Å². The van der Waals surface area contributed by atoms with Crippen LogP contribution in [0.15, 0.2) is 10.2 Å². The monoisotopic (exact) mass is 770 g/mol. The first-order chi connectivity index (χ1) is 19.3. The van der Waals surface area contributed by atoms with Crippen molar-refractivity contribution in [1.29, 1.82) is 0 Å². The summed E-state index contributed by atoms with van der Waals surface area (Å²) in [6.45, 7) is 34.1. The van der Waals surface area contributed by atoms with Gasteiger partial charge in [-0.3, -0.25) is 4.79 Å². The second-order valence-electron chi connectivity index (χ2n) is 17.1. The molecule has 2 aliphatic heterocycles. The minimum atomic E-state index is -2.31. The van der Waals surface area contributed by atoms with Gasteiger partial charge in [-0.25, -0.2) is 0 Å². The van der Waals surface area contributed by atoms with E-state index in [9.17, 15) is 4.79 Å². The maximum absolute atomic E-state index is 12.3. The first-order valence-corrected chi connectivity index (χ1v) is 25.9. The third-order valence-corrected chi connectivity index (χ3v) is 24.5. The summed E-state index contributed by atoms with van der Waals surface area (Å²) in [5, 5.41) is -0.00778. The summed E-state index contributed by atoms with van der Waals surface area (Å²) in [4.78, 5) is 12.3. The number of methoxy groups -OCH3 is 1. The zero-order valence-corrected chi connectivity index (χ0v) is 35.2. The minimum absolute atomic E-state index is 0.0168. The number of esters is 1. The van der Waals surface area contributed by atoms with Crippen molar-refractivity contribution in [1.82, 2.24) is 0 Å². The van der Waals surface area contributed by atoms with Gasteiger partial charge in [0.1, 0.15) is 24.4 Å². The molecule has 2 rings (SSSR count). The maximum atomic E-state index is 12.3. The van der Waals surface area contributed by atoms with Gasteiger partial charge in [0.2, 0.25) is 0 Å². The summed E-state index contributed by atoms with van der Waals surface area (Å²) < 4.78 is 42.8. The Labute approximate surface area is 280 Å². The van der Waals surface area contributed by atoms with Crippen LogP contribution in [0, 0.1) is 0 Å². The summed E-state index contributed by atoms with van der Waals surface area (Å²) in [5.41, 5.74) is 0. The van der Waals surface area contributed by atoms with Crippen LogP contribution in [-0.4, -0.2) is 80.8 Å². The quantitative estimate of drug-likeness (QED) is 0.125. The molecule has 0 aromatic carbocycles. The third kappa shape index (κ3) is 9.71. The predicted molar refractivity (Wildman–Crippen MR) is 193 cm³/mol. The van der Waals surface area contributed by atoms with Crippen molar-refractivity contribution >= 4 is 53.5 Å². The molecule has 7 atom stereocenters. The van der Waals surface area contributed by atoms with Crippen LogP contribution in [0.2, 0.25) is 54.4 Å². The van der Waals surface area contributed by atoms with Crippen molar-refractivity contribution in [3.8, 4) is 0 Å². The topological polar surface area (TPSA) is 72.5 Å². The van der Waals surface area contributed by atoms with Gasteiger partial charge in [-0.15, -0.1) is 0 Å². The highest BCUT2D eigenvalue weighted by Gasteiger charge is 2.57. The highest BCUT2D eigenvalue weighted by atomic mass is 127. The van der Waals surface area contributed by atoms with Crippen molar-refractivity contribution in [3.05, 3.63) is 10.2 Å². The number of halogens is 1. The van der Waals surface area contributed by atoms with E-state index in [1.165, 1.54) is 7.11 Å². The van der Waals surface area contributed by atoms with Crippen molar-refractivity contribution in [2.45, 2.75) is 179 Å². The molecule has 0 bridgehead atoms. The number of hydrogen-bond acceptors (Lipinski definition) is 7. The molecule has 2 aliphatic rings. The van der Waals surface area contributed by atoms with Crippen LogP contribution in [-0.2, 0) is 32.3 Å². The molecular formula is C32H63IO7Si3. The van der Waals surface area contributed by atoms with Crippen LogP contribution in [0.5, 0.6) is 0 Å². The lowest BCUT2D eigenvalue weighted by Crippen LogP contribution is -2.69. The Hall–Kier alpha value is 0.391. The average molecular weight is 771 g/mol. The number of carbonyl (C=O) groups excluding carboxylic acids is 1. The first-order valence-electron chi connectivity index (χ1n) is 16.0. The average Bonchev–Trinajstić information content (AvgIpc) is 2.82. The zero-order chi connectivity index (χ0) is 33.4. The zero-order valence-electron chi connectivity index (χ0n) is 30.1. The number of carbonyl (C=O) groups is 1. The summed E-state index contributed by atoms with van der Waals surface area (Å²) in [6.07, 6.45) is 1.61. The lowest BCUT2D eigenvalue weighted by molar-refractivity contribution is -0.266. The highest BCUT2D eigenvalue weighted by molar-refractivity contribution is 14.1. The van der Waals surface area contributed by atoms with Crippen LogP contribution in [0.25, 0.3) is 0 Å². The molecule has 0 N–H and O–H groups in total. The number of ether oxygens (including phenoxy) is 3. The number of hydrogen-bond donors (Lipinski definition) is 0. The fourth-order valence-corrected chi connectivity index (χ4v) is 9.03. The van der Waals surface area contributed by atoms with E-state index in [-0.39, 0.29) is 64.1 Å². The molecule has 0 aromatic heterocycles. The molecule has 7 nitrogen and oxygen atoms in total. The van der Waals surface area contributed by atoms with E-state index in [0.717, 1.165) is 12.8 Å². The van der Waals surface area contributed by atoms with Crippen molar-refractivity contribution in [3.63, 3.8) is 0 Å². The summed E-state index contributed by atoms with van der Waals surface area (Å²) in [7, 11) is -5.36. The van der Waals surface area contributed by atoms with Gasteiger partial charge in [0.05, 0.1) is 31.8 Å². The molecule has 252 valence electrons. The van der Waals surface area contributed by atoms with Crippen molar-refractivity contribution in [2.24, 2.45) is 0 Å². The van der Waals surface area contributed by atoms with E-state index < -0.39 is 31.1 Å². The Kier molecular flexibility index (Phi) is 13.1. The van der Waals surface area contributed by atoms with Gasteiger partial charge in [-0.2, -0.15) is 0 Å². The van der Waals surface area contributed by atoms with E-state index >= 15 is 0 Å². The van der Waals surface area contributed by atoms with Crippen LogP contribution in [0.1, 0.15) is 81.6 Å². The van der Waals surface area contributed by atoms with E-state index in [0.29, 0.717) is 0 Å². The fourth-order valence-electron chi connectivity index (χ4n) is 4.77. The summed E-state index contributed by atoms with van der Waals surface area (Å²) in [6, 6.07) is 0. The normalized spacial score (nSPS) is 29.0. The van der Waals surface area contributed by atoms with E-state index in [1.807, 2.05) is 4.08 Å². The van der Waals surface area contributed by atoms with Gasteiger partial charge in [-0.1, -0.05) is 84.9 Å². The predicted octanol–water partition coefficient (Wildman–Crippen LogP) is 8.98. The van der Waals surface area contributed by atoms with E-state index in [4.69, 9.17) is 27.5 Å². The molecule has 2 heterocycles. The standard InChI is InChI=1S/C32H63IO7Si3/c1-30(2,3)41(11,12)38-24(19-20-33)27-29(40-43(15,16)32(7,8)9)28(39-42(13,14)31(4,5)6)26-23(37-27)18-17-22(36-26)21-25(34)35-10/h19-20,22-24,26-29H,17-18,21H2,1-16H3/b20-19+/t22-,23+,24+,26+,27-,28+,29-/m1/s1. The first kappa shape index (κ1) is 39.6. The van der Waals surface area contributed by atoms with Gasteiger partial charge in [-0.05, 0) is 77.4 Å². The van der Waals surface area contributed by atoms with Gasteiger partial charge in [0, 0.05) is 0 Å². The second kappa shape index (κ2) is 14.2. The lowest BCUT2D eigenvalue weighted by Gasteiger charge is -2.56. The summed E-state index contributed by atoms with van der Waals surface area (Å²) >= 11 is 2.29. The van der Waals surface area contributed by atoms with Crippen LogP contribution >= 0.6 is 22.6 Å². The van der Waals surface area contributed by atoms with E-state index in [2.05, 4.69) is 130 Å². The van der Waals surface area contributed by atoms with Crippen molar-refractivity contribution in [2.75, 3.05) is 7.11 Å². The lowest BCUT2D eigenvalue weighted by atomic mass is 9.87. The third-order valence-electron chi connectivity index (χ3n) is 10.7. The number of fused-ring (bicyclic) bond motifs is 1. The molecule has 0 radical (unpaired) electrons. The number of rotatable bonds is 10. The van der Waals surface area contributed by atoms with Crippen LogP contribution in [0.3, 0.4) is 0 Å². The SMILES string of the molecule is COC(=O)C[C@H]1CC[C@@H]2O[C@H]([C@H](/C=C/I)O[Si](C)(C)C(C)(C)C)[C@@H](O[Si](C)(C)C(C)(C)C)[C@@H](O[Si](C)(C)C(C)(C)C)[C@H]2O1. The van der Waals surface area contributed by atoms with Crippen LogP contribution in [0.4, 0.5) is 0 Å². The Morgan fingerprint density at radius 2 is 1.30 bits per heavy atom. The molecule has 0 aliphatic carbocycles. The molecule has 2 saturated heterocycles. The molecule has 0 saturated carbocycles. The maximum Gasteiger partial charge on any atom is 0.308 e. The molecule has 0 unspecified atom stereocenters. The molecule has 43 heavy (non-hydrogen) atoms. The van der Waals surface area contributed by atoms with Crippen molar-refractivity contribution < 1.29 is 32.3 Å². The summed E-state index contributed by atoms with van der Waals surface area (Å²) in [5.74, 6) is -0.260. The smallest absolute Gasteiger partial charge is 0.308 e. The molecule has 2 fully saturated rings. The van der Waals surface area contributed by atoms with Gasteiger partial charge in [0.15, 0.2) is 25.0 Å². The molecule has 0 spiro atoms. The Balaban J connectivity index is 2.73. The molecule has 11 heteroatoms. The Morgan fingerprint density at radius 1 is 0.814 bits per heavy atom. The fraction of sp³-hybridized carbons (Fsp3) is 0.906. The molecular weight excluding hydrogens is 708 g/mol. The largest absolute Gasteiger partial charge is 0.469 e. The minimum Gasteiger partial charge on any atom is -0.469 e. The Morgan fingerprint density at radius 3 is 1.74 bits per heavy atom.